The minimum absolute atomic E-state index is 0.175. The minimum Gasteiger partial charge on any atom is -0.356 e. The summed E-state index contributed by atoms with van der Waals surface area (Å²) >= 11 is 0. The van der Waals surface area contributed by atoms with E-state index in [0.717, 1.165) is 5.69 Å². The van der Waals surface area contributed by atoms with Crippen molar-refractivity contribution < 1.29 is 12.9 Å². The van der Waals surface area contributed by atoms with Crippen LogP contribution < -0.4 is 4.72 Å². The summed E-state index contributed by atoms with van der Waals surface area (Å²) in [5.74, 6) is 0.507. The van der Waals surface area contributed by atoms with E-state index in [2.05, 4.69) is 9.88 Å². The van der Waals surface area contributed by atoms with E-state index in [4.69, 9.17) is 9.78 Å². The summed E-state index contributed by atoms with van der Waals surface area (Å²) in [4.78, 5) is 0.175. The quantitative estimate of drug-likeness (QED) is 0.738. The lowest BCUT2D eigenvalue weighted by molar-refractivity contribution is 0.427. The van der Waals surface area contributed by atoms with Crippen LogP contribution in [0.5, 0.6) is 0 Å². The van der Waals surface area contributed by atoms with Crippen molar-refractivity contribution >= 4 is 15.7 Å². The molecule has 0 aliphatic heterocycles. The monoisotopic (exact) mass is 367 g/mol. The number of nitriles is 1. The number of benzene rings is 2. The molecule has 6 nitrogen and oxygen atoms in total. The van der Waals surface area contributed by atoms with Gasteiger partial charge in [0.05, 0.1) is 27.9 Å². The van der Waals surface area contributed by atoms with Crippen LogP contribution in [-0.4, -0.2) is 13.6 Å². The van der Waals surface area contributed by atoms with Crippen molar-refractivity contribution in [2.45, 2.75) is 25.2 Å². The molecule has 0 saturated carbocycles. The van der Waals surface area contributed by atoms with E-state index in [0.29, 0.717) is 34.6 Å². The number of aryl methyl sites for hydroxylation is 2. The largest absolute Gasteiger partial charge is 0.356 e. The molecule has 1 heterocycles. The molecule has 1 N–H and O–H groups in total. The number of hydrogen-bond acceptors (Lipinski definition) is 5. The first-order valence-corrected chi connectivity index (χ1v) is 9.51. The summed E-state index contributed by atoms with van der Waals surface area (Å²) in [5.41, 5.74) is 2.76. The zero-order valence-corrected chi connectivity index (χ0v) is 15.2. The van der Waals surface area contributed by atoms with E-state index >= 15 is 0 Å². The maximum Gasteiger partial charge on any atom is 0.262 e. The Morgan fingerprint density at radius 2 is 2.00 bits per heavy atom. The number of sulfonamides is 1. The number of anilines is 1. The van der Waals surface area contributed by atoms with Gasteiger partial charge in [-0.15, -0.1) is 0 Å². The summed E-state index contributed by atoms with van der Waals surface area (Å²) in [7, 11) is -3.83. The molecule has 0 saturated heterocycles. The minimum atomic E-state index is -3.83. The highest BCUT2D eigenvalue weighted by Gasteiger charge is 2.20. The fourth-order valence-corrected chi connectivity index (χ4v) is 4.00. The average Bonchev–Trinajstić information content (AvgIpc) is 3.07. The van der Waals surface area contributed by atoms with Crippen LogP contribution in [0.15, 0.2) is 57.9 Å². The summed E-state index contributed by atoms with van der Waals surface area (Å²) in [6.45, 7) is 3.69. The molecule has 0 spiro atoms. The molecular formula is C19H17N3O3S. The molecule has 0 aliphatic rings. The van der Waals surface area contributed by atoms with Crippen molar-refractivity contribution in [1.29, 1.82) is 5.26 Å². The van der Waals surface area contributed by atoms with Crippen LogP contribution >= 0.6 is 0 Å². The molecule has 3 aromatic rings. The molecule has 26 heavy (non-hydrogen) atoms. The Hall–Kier alpha value is -3.11. The van der Waals surface area contributed by atoms with E-state index in [1.165, 1.54) is 6.07 Å². The molecule has 7 heteroatoms. The van der Waals surface area contributed by atoms with Gasteiger partial charge >= 0.3 is 0 Å². The van der Waals surface area contributed by atoms with E-state index in [-0.39, 0.29) is 4.90 Å². The van der Waals surface area contributed by atoms with Gasteiger partial charge in [0.25, 0.3) is 10.0 Å². The third kappa shape index (κ3) is 3.60. The van der Waals surface area contributed by atoms with Gasteiger partial charge in [-0.2, -0.15) is 5.26 Å². The van der Waals surface area contributed by atoms with Gasteiger partial charge in [-0.25, -0.2) is 8.42 Å². The molecule has 0 atom stereocenters. The Labute approximate surface area is 152 Å². The van der Waals surface area contributed by atoms with Crippen molar-refractivity contribution in [1.82, 2.24) is 5.16 Å². The molecule has 132 valence electrons. The highest BCUT2D eigenvalue weighted by atomic mass is 32.2. The Morgan fingerprint density at radius 3 is 2.65 bits per heavy atom. The molecule has 0 amide bonds. The van der Waals surface area contributed by atoms with Gasteiger partial charge in [-0.1, -0.05) is 30.3 Å². The van der Waals surface area contributed by atoms with Gasteiger partial charge in [-0.05, 0) is 43.2 Å². The fourth-order valence-electron chi connectivity index (χ4n) is 2.61. The van der Waals surface area contributed by atoms with Crippen LogP contribution in [0.25, 0.3) is 11.3 Å². The van der Waals surface area contributed by atoms with Gasteiger partial charge in [0.15, 0.2) is 5.76 Å². The SMILES string of the molecule is CCc1ccc(-c2cc(C)no2)cc1S(=O)(=O)Nc1cccc(C#N)c1. The van der Waals surface area contributed by atoms with E-state index in [1.54, 1.807) is 43.3 Å². The standard InChI is InChI=1S/C19H17N3O3S/c1-3-15-7-8-16(18-9-13(2)21-25-18)11-19(15)26(23,24)22-17-6-4-5-14(10-17)12-20/h4-11,22H,3H2,1-2H3. The number of aromatic nitrogens is 1. The Balaban J connectivity index is 2.03. The molecular weight excluding hydrogens is 350 g/mol. The third-order valence-corrected chi connectivity index (χ3v) is 5.36. The van der Waals surface area contributed by atoms with Gasteiger partial charge in [0, 0.05) is 11.6 Å². The summed E-state index contributed by atoms with van der Waals surface area (Å²) in [6.07, 6.45) is 0.560. The Kier molecular flexibility index (Phi) is 4.78. The number of nitrogens with one attached hydrogen (secondary N) is 1. The summed E-state index contributed by atoms with van der Waals surface area (Å²) < 4.78 is 33.6. The maximum atomic E-state index is 12.9. The summed E-state index contributed by atoms with van der Waals surface area (Å²) in [6, 6.07) is 15.2. The summed E-state index contributed by atoms with van der Waals surface area (Å²) in [5, 5.41) is 12.8. The second-order valence-corrected chi connectivity index (χ2v) is 7.46. The van der Waals surface area contributed by atoms with Crippen molar-refractivity contribution in [3.05, 3.63) is 65.4 Å². The van der Waals surface area contributed by atoms with Gasteiger partial charge in [0.1, 0.15) is 0 Å². The predicted octanol–water partition coefficient (Wildman–Crippen LogP) is 3.88. The van der Waals surface area contributed by atoms with E-state index in [1.807, 2.05) is 19.1 Å². The van der Waals surface area contributed by atoms with Crippen LogP contribution in [0.4, 0.5) is 5.69 Å². The predicted molar refractivity (Wildman–Crippen MR) is 98.0 cm³/mol. The second kappa shape index (κ2) is 7.02. The first-order valence-electron chi connectivity index (χ1n) is 8.02. The third-order valence-electron chi connectivity index (χ3n) is 3.89. The van der Waals surface area contributed by atoms with Gasteiger partial charge in [0.2, 0.25) is 0 Å². The van der Waals surface area contributed by atoms with Gasteiger partial charge in [-0.3, -0.25) is 4.72 Å². The number of hydrogen-bond donors (Lipinski definition) is 1. The zero-order valence-electron chi connectivity index (χ0n) is 14.4. The van der Waals surface area contributed by atoms with Crippen molar-refractivity contribution in [2.24, 2.45) is 0 Å². The van der Waals surface area contributed by atoms with Crippen molar-refractivity contribution in [3.8, 4) is 17.4 Å². The van der Waals surface area contributed by atoms with Crippen LogP contribution in [0.2, 0.25) is 0 Å². The van der Waals surface area contributed by atoms with Crippen LogP contribution in [0.3, 0.4) is 0 Å². The average molecular weight is 367 g/mol. The maximum absolute atomic E-state index is 12.9. The highest BCUT2D eigenvalue weighted by molar-refractivity contribution is 7.92. The molecule has 0 radical (unpaired) electrons. The van der Waals surface area contributed by atoms with Crippen LogP contribution in [0, 0.1) is 18.3 Å². The Morgan fingerprint density at radius 1 is 1.19 bits per heavy atom. The smallest absolute Gasteiger partial charge is 0.262 e. The topological polar surface area (TPSA) is 96.0 Å². The van der Waals surface area contributed by atoms with Gasteiger partial charge < -0.3 is 4.52 Å². The molecule has 2 aromatic carbocycles. The Bertz CT molecular complexity index is 1100. The first-order chi connectivity index (χ1) is 12.4. The molecule has 0 unspecified atom stereocenters. The van der Waals surface area contributed by atoms with Crippen molar-refractivity contribution in [2.75, 3.05) is 4.72 Å². The van der Waals surface area contributed by atoms with Crippen LogP contribution in [0.1, 0.15) is 23.7 Å². The molecule has 0 aliphatic carbocycles. The fraction of sp³-hybridized carbons (Fsp3) is 0.158. The lowest BCUT2D eigenvalue weighted by Gasteiger charge is -2.13. The van der Waals surface area contributed by atoms with Crippen LogP contribution in [-0.2, 0) is 16.4 Å². The lowest BCUT2D eigenvalue weighted by Crippen LogP contribution is -2.15. The first kappa shape index (κ1) is 17.7. The van der Waals surface area contributed by atoms with E-state index < -0.39 is 10.0 Å². The second-order valence-electron chi connectivity index (χ2n) is 5.81. The molecule has 1 aromatic heterocycles. The zero-order chi connectivity index (χ0) is 18.7. The lowest BCUT2D eigenvalue weighted by atomic mass is 10.1. The highest BCUT2D eigenvalue weighted by Crippen LogP contribution is 2.28. The molecule has 0 fully saturated rings. The molecule has 3 rings (SSSR count). The van der Waals surface area contributed by atoms with Crippen molar-refractivity contribution in [3.63, 3.8) is 0 Å². The number of nitrogens with zero attached hydrogens (tertiary/aromatic N) is 2. The normalized spacial score (nSPS) is 11.1. The molecule has 0 bridgehead atoms. The van der Waals surface area contributed by atoms with E-state index in [9.17, 15) is 8.42 Å². The number of rotatable bonds is 5.